The number of β-amino-alcohol motifs (C(OH)–C–C–N with tert-alkyl or cyclic N) is 1. The van der Waals surface area contributed by atoms with Crippen LogP contribution in [0, 0.1) is 0 Å². The lowest BCUT2D eigenvalue weighted by molar-refractivity contribution is -0.137. The molecule has 1 N–H and O–H groups in total. The zero-order valence-corrected chi connectivity index (χ0v) is 15.6. The molecule has 0 saturated carbocycles. The predicted octanol–water partition coefficient (Wildman–Crippen LogP) is 0.0309. The van der Waals surface area contributed by atoms with Crippen LogP contribution in [0.2, 0.25) is 0 Å². The Morgan fingerprint density at radius 2 is 1.92 bits per heavy atom. The smallest absolute Gasteiger partial charge is 0.260 e. The summed E-state index contributed by atoms with van der Waals surface area (Å²) < 4.78 is 10.9. The van der Waals surface area contributed by atoms with Crippen molar-refractivity contribution in [3.05, 3.63) is 29.8 Å². The lowest BCUT2D eigenvalue weighted by Gasteiger charge is -2.26. The summed E-state index contributed by atoms with van der Waals surface area (Å²) in [5.74, 6) is 0.696. The number of hydrogen-bond donors (Lipinski definition) is 1. The van der Waals surface area contributed by atoms with Crippen molar-refractivity contribution in [2.75, 3.05) is 60.1 Å². The van der Waals surface area contributed by atoms with Crippen LogP contribution in [0.4, 0.5) is 0 Å². The van der Waals surface area contributed by atoms with Crippen molar-refractivity contribution < 1.29 is 19.4 Å². The van der Waals surface area contributed by atoms with Crippen molar-refractivity contribution in [3.63, 3.8) is 0 Å². The summed E-state index contributed by atoms with van der Waals surface area (Å²) >= 11 is 0. The lowest BCUT2D eigenvalue weighted by atomic mass is 10.2. The van der Waals surface area contributed by atoms with Crippen LogP contribution in [0.5, 0.6) is 5.75 Å². The van der Waals surface area contributed by atoms with Crippen LogP contribution < -0.4 is 4.74 Å². The van der Waals surface area contributed by atoms with E-state index in [0.717, 1.165) is 13.1 Å². The second kappa shape index (κ2) is 8.81. The summed E-state index contributed by atoms with van der Waals surface area (Å²) in [4.78, 5) is 18.2. The number of likely N-dealkylation sites (tertiary alicyclic amines) is 1. The SMILES string of the molecule is CN(C)[C@@H]1CN(Cc2ccc(OCC(=O)N3CCOCC3)cc2)C[C@H]1O. The first kappa shape index (κ1) is 19.1. The number of benzene rings is 1. The molecule has 0 unspecified atom stereocenters. The highest BCUT2D eigenvalue weighted by Crippen LogP contribution is 2.19. The molecule has 3 rings (SSSR count). The Hall–Kier alpha value is -1.67. The van der Waals surface area contributed by atoms with Gasteiger partial charge in [0, 0.05) is 38.8 Å². The maximum absolute atomic E-state index is 12.1. The summed E-state index contributed by atoms with van der Waals surface area (Å²) in [6, 6.07) is 8.02. The molecule has 26 heavy (non-hydrogen) atoms. The van der Waals surface area contributed by atoms with E-state index in [1.54, 1.807) is 4.90 Å². The van der Waals surface area contributed by atoms with Gasteiger partial charge in [0.05, 0.1) is 19.3 Å². The third kappa shape index (κ3) is 4.94. The van der Waals surface area contributed by atoms with Gasteiger partial charge >= 0.3 is 0 Å². The Kier molecular flexibility index (Phi) is 6.48. The molecular weight excluding hydrogens is 334 g/mol. The minimum absolute atomic E-state index is 0.00171. The number of rotatable bonds is 6. The van der Waals surface area contributed by atoms with Gasteiger partial charge in [-0.25, -0.2) is 0 Å². The van der Waals surface area contributed by atoms with Crippen LogP contribution >= 0.6 is 0 Å². The Morgan fingerprint density at radius 1 is 1.23 bits per heavy atom. The summed E-state index contributed by atoms with van der Waals surface area (Å²) in [5, 5.41) is 10.1. The summed E-state index contributed by atoms with van der Waals surface area (Å²) in [6.07, 6.45) is -0.307. The highest BCUT2D eigenvalue weighted by molar-refractivity contribution is 5.77. The van der Waals surface area contributed by atoms with E-state index >= 15 is 0 Å². The number of amides is 1. The first-order chi connectivity index (χ1) is 12.5. The standard InChI is InChI=1S/C19H29N3O4/c1-20(2)17-12-21(13-18(17)23)11-15-3-5-16(6-4-15)26-14-19(24)22-7-9-25-10-8-22/h3-6,17-18,23H,7-14H2,1-2H3/t17-,18-/m1/s1. The molecule has 7 heteroatoms. The van der Waals surface area contributed by atoms with Crippen molar-refractivity contribution in [2.45, 2.75) is 18.7 Å². The molecular formula is C19H29N3O4. The van der Waals surface area contributed by atoms with Crippen molar-refractivity contribution in [1.82, 2.24) is 14.7 Å². The van der Waals surface area contributed by atoms with Crippen LogP contribution in [-0.2, 0) is 16.1 Å². The first-order valence-electron chi connectivity index (χ1n) is 9.17. The molecule has 1 amide bonds. The van der Waals surface area contributed by atoms with E-state index in [0.29, 0.717) is 38.6 Å². The van der Waals surface area contributed by atoms with E-state index < -0.39 is 0 Å². The molecule has 2 aliphatic rings. The largest absolute Gasteiger partial charge is 0.484 e. The topological polar surface area (TPSA) is 65.5 Å². The minimum atomic E-state index is -0.307. The number of likely N-dealkylation sites (N-methyl/N-ethyl adjacent to an activating group) is 1. The van der Waals surface area contributed by atoms with Gasteiger partial charge in [-0.05, 0) is 31.8 Å². The average molecular weight is 363 g/mol. The molecule has 2 fully saturated rings. The molecule has 0 bridgehead atoms. The van der Waals surface area contributed by atoms with Gasteiger partial charge in [0.1, 0.15) is 5.75 Å². The van der Waals surface area contributed by atoms with Gasteiger partial charge in [0.2, 0.25) is 0 Å². The van der Waals surface area contributed by atoms with E-state index in [1.807, 2.05) is 38.4 Å². The zero-order valence-electron chi connectivity index (χ0n) is 15.6. The van der Waals surface area contributed by atoms with E-state index in [1.165, 1.54) is 5.56 Å². The number of morpholine rings is 1. The summed E-state index contributed by atoms with van der Waals surface area (Å²) in [6.45, 7) is 4.88. The number of carbonyl (C=O) groups is 1. The second-order valence-electron chi connectivity index (χ2n) is 7.22. The van der Waals surface area contributed by atoms with E-state index in [-0.39, 0.29) is 24.7 Å². The fourth-order valence-corrected chi connectivity index (χ4v) is 3.48. The molecule has 0 aliphatic carbocycles. The van der Waals surface area contributed by atoms with Crippen molar-refractivity contribution >= 4 is 5.91 Å². The van der Waals surface area contributed by atoms with E-state index in [2.05, 4.69) is 9.80 Å². The highest BCUT2D eigenvalue weighted by atomic mass is 16.5. The number of carbonyl (C=O) groups excluding carboxylic acids is 1. The Labute approximate surface area is 155 Å². The molecule has 2 heterocycles. The molecule has 1 aromatic carbocycles. The van der Waals surface area contributed by atoms with Gasteiger partial charge in [0.25, 0.3) is 5.91 Å². The first-order valence-corrected chi connectivity index (χ1v) is 9.17. The normalized spacial score (nSPS) is 24.2. The fraction of sp³-hybridized carbons (Fsp3) is 0.632. The zero-order chi connectivity index (χ0) is 18.5. The molecule has 2 saturated heterocycles. The molecule has 0 aromatic heterocycles. The number of nitrogens with zero attached hydrogens (tertiary/aromatic N) is 3. The number of aliphatic hydroxyl groups is 1. The molecule has 2 atom stereocenters. The van der Waals surface area contributed by atoms with E-state index in [9.17, 15) is 9.90 Å². The van der Waals surface area contributed by atoms with Crippen LogP contribution in [0.25, 0.3) is 0 Å². The Balaban J connectivity index is 1.45. The number of ether oxygens (including phenoxy) is 2. The predicted molar refractivity (Wildman–Crippen MR) is 98.1 cm³/mol. The molecule has 0 radical (unpaired) electrons. The van der Waals surface area contributed by atoms with Gasteiger partial charge in [0.15, 0.2) is 6.61 Å². The molecule has 0 spiro atoms. The lowest BCUT2D eigenvalue weighted by Crippen LogP contribution is -2.42. The van der Waals surface area contributed by atoms with Crippen molar-refractivity contribution in [3.8, 4) is 5.75 Å². The van der Waals surface area contributed by atoms with Crippen LogP contribution in [0.15, 0.2) is 24.3 Å². The fourth-order valence-electron chi connectivity index (χ4n) is 3.48. The van der Waals surface area contributed by atoms with Crippen LogP contribution in [0.1, 0.15) is 5.56 Å². The van der Waals surface area contributed by atoms with Gasteiger partial charge < -0.3 is 24.4 Å². The molecule has 7 nitrogen and oxygen atoms in total. The Morgan fingerprint density at radius 3 is 2.54 bits per heavy atom. The summed E-state index contributed by atoms with van der Waals surface area (Å²) in [7, 11) is 4.00. The minimum Gasteiger partial charge on any atom is -0.484 e. The number of aliphatic hydroxyl groups excluding tert-OH is 1. The monoisotopic (exact) mass is 363 g/mol. The third-order valence-corrected chi connectivity index (χ3v) is 5.05. The maximum atomic E-state index is 12.1. The second-order valence-corrected chi connectivity index (χ2v) is 7.22. The van der Waals surface area contributed by atoms with Gasteiger partial charge in [-0.3, -0.25) is 9.69 Å². The molecule has 2 aliphatic heterocycles. The van der Waals surface area contributed by atoms with Crippen LogP contribution in [0.3, 0.4) is 0 Å². The number of hydrogen-bond acceptors (Lipinski definition) is 6. The molecule has 1 aromatic rings. The quantitative estimate of drug-likeness (QED) is 0.769. The van der Waals surface area contributed by atoms with Crippen molar-refractivity contribution in [1.29, 1.82) is 0 Å². The average Bonchev–Trinajstić information content (AvgIpc) is 3.02. The van der Waals surface area contributed by atoms with Gasteiger partial charge in [-0.15, -0.1) is 0 Å². The highest BCUT2D eigenvalue weighted by Gasteiger charge is 2.32. The Bertz CT molecular complexity index is 587. The van der Waals surface area contributed by atoms with E-state index in [4.69, 9.17) is 9.47 Å². The van der Waals surface area contributed by atoms with Gasteiger partial charge in [-0.2, -0.15) is 0 Å². The van der Waals surface area contributed by atoms with Gasteiger partial charge in [-0.1, -0.05) is 12.1 Å². The maximum Gasteiger partial charge on any atom is 0.260 e. The van der Waals surface area contributed by atoms with Crippen LogP contribution in [-0.4, -0.2) is 98.0 Å². The third-order valence-electron chi connectivity index (χ3n) is 5.05. The summed E-state index contributed by atoms with van der Waals surface area (Å²) in [5.41, 5.74) is 1.17. The molecule has 144 valence electrons. The van der Waals surface area contributed by atoms with Crippen molar-refractivity contribution in [2.24, 2.45) is 0 Å².